The van der Waals surface area contributed by atoms with Gasteiger partial charge in [0.05, 0.1) is 12.0 Å². The number of hydrogen-bond donors (Lipinski definition) is 1. The van der Waals surface area contributed by atoms with Crippen LogP contribution in [0.1, 0.15) is 57.9 Å². The van der Waals surface area contributed by atoms with E-state index in [1.165, 1.54) is 12.0 Å². The van der Waals surface area contributed by atoms with Gasteiger partial charge < -0.3 is 15.0 Å². The molecule has 1 saturated carbocycles. The van der Waals surface area contributed by atoms with Crippen LogP contribution in [0.25, 0.3) is 0 Å². The molecule has 1 aromatic carbocycles. The molecule has 1 aromatic rings. The number of nitrogens with zero attached hydrogens (tertiary/aromatic N) is 1. The number of nitrogens with one attached hydrogen (secondary N) is 1. The second kappa shape index (κ2) is 8.62. The van der Waals surface area contributed by atoms with Crippen molar-refractivity contribution in [3.63, 3.8) is 0 Å². The Kier molecular flexibility index (Phi) is 6.61. The van der Waals surface area contributed by atoms with Gasteiger partial charge in [-0.05, 0) is 67.7 Å². The van der Waals surface area contributed by atoms with E-state index >= 15 is 0 Å². The van der Waals surface area contributed by atoms with Gasteiger partial charge in [-0.3, -0.25) is 4.79 Å². The lowest BCUT2D eigenvalue weighted by Crippen LogP contribution is -2.54. The molecular weight excluding hydrogens is 372 g/mol. The van der Waals surface area contributed by atoms with E-state index in [9.17, 15) is 4.79 Å². The normalized spacial score (nSPS) is 22.6. The van der Waals surface area contributed by atoms with Crippen molar-refractivity contribution in [1.82, 2.24) is 10.2 Å². The van der Waals surface area contributed by atoms with E-state index in [2.05, 4.69) is 36.2 Å². The van der Waals surface area contributed by atoms with E-state index in [-0.39, 0.29) is 17.8 Å². The van der Waals surface area contributed by atoms with Gasteiger partial charge in [0.1, 0.15) is 5.75 Å². The summed E-state index contributed by atoms with van der Waals surface area (Å²) in [6, 6.07) is 8.33. The Bertz CT molecular complexity index is 654. The zero-order valence-corrected chi connectivity index (χ0v) is 18.2. The fourth-order valence-electron chi connectivity index (χ4n) is 5.00. The molecule has 5 heteroatoms. The molecule has 3 aliphatic rings. The summed E-state index contributed by atoms with van der Waals surface area (Å²) in [6.07, 6.45) is 6.72. The van der Waals surface area contributed by atoms with Crippen LogP contribution in [0.4, 0.5) is 0 Å². The van der Waals surface area contributed by atoms with Crippen molar-refractivity contribution in [2.45, 2.75) is 57.8 Å². The van der Waals surface area contributed by atoms with Crippen molar-refractivity contribution in [2.24, 2.45) is 11.3 Å². The zero-order chi connectivity index (χ0) is 18.9. The molecule has 1 amide bonds. The lowest BCUT2D eigenvalue weighted by molar-refractivity contribution is -0.143. The predicted molar refractivity (Wildman–Crippen MR) is 115 cm³/mol. The number of benzene rings is 1. The first kappa shape index (κ1) is 21.4. The molecule has 2 saturated heterocycles. The molecule has 1 aliphatic carbocycles. The zero-order valence-electron chi connectivity index (χ0n) is 17.3. The summed E-state index contributed by atoms with van der Waals surface area (Å²) in [5.74, 6) is 1.79. The smallest absolute Gasteiger partial charge is 0.233 e. The summed E-state index contributed by atoms with van der Waals surface area (Å²) in [7, 11) is 0. The van der Waals surface area contributed by atoms with Gasteiger partial charge in [-0.25, -0.2) is 0 Å². The maximum absolute atomic E-state index is 13.5. The third-order valence-corrected chi connectivity index (χ3v) is 7.05. The Balaban J connectivity index is 0.00000225. The maximum atomic E-state index is 13.5. The van der Waals surface area contributed by atoms with Crippen LogP contribution in [-0.2, 0) is 10.2 Å². The fourth-order valence-corrected chi connectivity index (χ4v) is 5.00. The number of rotatable bonds is 5. The van der Waals surface area contributed by atoms with Crippen LogP contribution < -0.4 is 10.1 Å². The molecule has 28 heavy (non-hydrogen) atoms. The average Bonchev–Trinajstić information content (AvgIpc) is 3.08. The Hall–Kier alpha value is -1.26. The van der Waals surface area contributed by atoms with Gasteiger partial charge >= 0.3 is 0 Å². The van der Waals surface area contributed by atoms with Crippen molar-refractivity contribution < 1.29 is 9.53 Å². The Labute approximate surface area is 175 Å². The second-order valence-electron chi connectivity index (χ2n) is 9.38. The summed E-state index contributed by atoms with van der Waals surface area (Å²) in [6.45, 7) is 9.17. The first-order chi connectivity index (χ1) is 13.0. The lowest BCUT2D eigenvalue weighted by atomic mass is 9.63. The SMILES string of the molecule is CC(C)COc1ccc(C2(C(=O)N3CCC4(CCNC4)CC3)CCC2)cc1.Cl. The van der Waals surface area contributed by atoms with Crippen LogP contribution in [-0.4, -0.2) is 43.6 Å². The quantitative estimate of drug-likeness (QED) is 0.797. The molecular formula is C23H35ClN2O2. The van der Waals surface area contributed by atoms with Crippen molar-refractivity contribution in [3.05, 3.63) is 29.8 Å². The number of halogens is 1. The van der Waals surface area contributed by atoms with Crippen molar-refractivity contribution in [2.75, 3.05) is 32.8 Å². The molecule has 2 heterocycles. The van der Waals surface area contributed by atoms with Crippen LogP contribution in [0.2, 0.25) is 0 Å². The highest BCUT2D eigenvalue weighted by atomic mass is 35.5. The standard InChI is InChI=1S/C23H34N2O2.ClH/c1-18(2)16-27-20-6-4-19(5-7-20)23(8-3-9-23)21(26)25-14-11-22(12-15-25)10-13-24-17-22;/h4-7,18,24H,3,8-17H2,1-2H3;1H. The van der Waals surface area contributed by atoms with Crippen molar-refractivity contribution in [3.8, 4) is 5.75 Å². The molecule has 0 aromatic heterocycles. The van der Waals surface area contributed by atoms with E-state index in [0.717, 1.165) is 70.6 Å². The van der Waals surface area contributed by atoms with Crippen LogP contribution in [0.5, 0.6) is 5.75 Å². The summed E-state index contributed by atoms with van der Waals surface area (Å²) in [5.41, 5.74) is 1.35. The number of ether oxygens (including phenoxy) is 1. The minimum atomic E-state index is -0.283. The van der Waals surface area contributed by atoms with Crippen LogP contribution in [0.3, 0.4) is 0 Å². The Morgan fingerprint density at radius 3 is 2.29 bits per heavy atom. The van der Waals surface area contributed by atoms with E-state index in [0.29, 0.717) is 17.2 Å². The van der Waals surface area contributed by atoms with Gasteiger partial charge in [-0.2, -0.15) is 0 Å². The summed E-state index contributed by atoms with van der Waals surface area (Å²) in [5, 5.41) is 3.51. The largest absolute Gasteiger partial charge is 0.493 e. The molecule has 156 valence electrons. The second-order valence-corrected chi connectivity index (χ2v) is 9.38. The molecule has 1 N–H and O–H groups in total. The highest BCUT2D eigenvalue weighted by molar-refractivity contribution is 5.89. The van der Waals surface area contributed by atoms with E-state index < -0.39 is 0 Å². The van der Waals surface area contributed by atoms with Gasteiger partial charge in [0.2, 0.25) is 5.91 Å². The van der Waals surface area contributed by atoms with Gasteiger partial charge in [-0.15, -0.1) is 12.4 Å². The number of carbonyl (C=O) groups excluding carboxylic acids is 1. The van der Waals surface area contributed by atoms with Crippen molar-refractivity contribution >= 4 is 18.3 Å². The summed E-state index contributed by atoms with van der Waals surface area (Å²) < 4.78 is 5.82. The number of likely N-dealkylation sites (tertiary alicyclic amines) is 1. The third kappa shape index (κ3) is 4.04. The van der Waals surface area contributed by atoms with E-state index in [1.54, 1.807) is 0 Å². The lowest BCUT2D eigenvalue weighted by Gasteiger charge is -2.47. The van der Waals surface area contributed by atoms with Crippen LogP contribution in [0.15, 0.2) is 24.3 Å². The Morgan fingerprint density at radius 1 is 1.11 bits per heavy atom. The van der Waals surface area contributed by atoms with Gasteiger partial charge in [0, 0.05) is 19.6 Å². The predicted octanol–water partition coefficient (Wildman–Crippen LogP) is 4.17. The van der Waals surface area contributed by atoms with Crippen LogP contribution in [0, 0.1) is 11.3 Å². The number of carbonyl (C=O) groups is 1. The number of piperidine rings is 1. The molecule has 0 radical (unpaired) electrons. The molecule has 4 rings (SSSR count). The first-order valence-electron chi connectivity index (χ1n) is 10.8. The minimum absolute atomic E-state index is 0. The number of amides is 1. The van der Waals surface area contributed by atoms with E-state index in [4.69, 9.17) is 4.74 Å². The molecule has 3 fully saturated rings. The minimum Gasteiger partial charge on any atom is -0.493 e. The molecule has 0 bridgehead atoms. The average molecular weight is 407 g/mol. The first-order valence-corrected chi connectivity index (χ1v) is 10.8. The van der Waals surface area contributed by atoms with Gasteiger partial charge in [-0.1, -0.05) is 32.4 Å². The van der Waals surface area contributed by atoms with Gasteiger partial charge in [0.25, 0.3) is 0 Å². The highest BCUT2D eigenvalue weighted by Gasteiger charge is 2.49. The van der Waals surface area contributed by atoms with E-state index in [1.807, 2.05) is 12.1 Å². The van der Waals surface area contributed by atoms with Gasteiger partial charge in [0.15, 0.2) is 0 Å². The molecule has 0 unspecified atom stereocenters. The van der Waals surface area contributed by atoms with Crippen molar-refractivity contribution in [1.29, 1.82) is 0 Å². The summed E-state index contributed by atoms with van der Waals surface area (Å²) in [4.78, 5) is 15.6. The fraction of sp³-hybridized carbons (Fsp3) is 0.696. The maximum Gasteiger partial charge on any atom is 0.233 e. The molecule has 2 aliphatic heterocycles. The highest BCUT2D eigenvalue weighted by Crippen LogP contribution is 2.47. The van der Waals surface area contributed by atoms with Crippen LogP contribution >= 0.6 is 12.4 Å². The summed E-state index contributed by atoms with van der Waals surface area (Å²) >= 11 is 0. The molecule has 4 nitrogen and oxygen atoms in total. The molecule has 1 spiro atoms. The molecule has 0 atom stereocenters. The monoisotopic (exact) mass is 406 g/mol. The third-order valence-electron chi connectivity index (χ3n) is 7.05. The Morgan fingerprint density at radius 2 is 1.79 bits per heavy atom. The number of hydrogen-bond acceptors (Lipinski definition) is 3. The topological polar surface area (TPSA) is 41.6 Å².